The van der Waals surface area contributed by atoms with Gasteiger partial charge in [-0.05, 0) is 94.4 Å². The molecule has 1 fully saturated rings. The molecule has 8 heteroatoms. The first-order chi connectivity index (χ1) is 19.0. The number of dihydropyridines is 1. The van der Waals surface area contributed by atoms with Gasteiger partial charge in [0.05, 0.1) is 23.3 Å². The number of nitrogens with zero attached hydrogens (tertiary/aromatic N) is 3. The van der Waals surface area contributed by atoms with Crippen molar-refractivity contribution in [3.8, 4) is 0 Å². The molecule has 8 nitrogen and oxygen atoms in total. The van der Waals surface area contributed by atoms with E-state index in [1.54, 1.807) is 4.90 Å². The first-order valence-corrected chi connectivity index (χ1v) is 14.3. The molecule has 1 saturated carbocycles. The van der Waals surface area contributed by atoms with E-state index in [1.165, 1.54) is 12.8 Å². The highest BCUT2D eigenvalue weighted by atomic mass is 16.6. The number of amides is 2. The lowest BCUT2D eigenvalue weighted by atomic mass is 9.95. The Kier molecular flexibility index (Phi) is 7.62. The summed E-state index contributed by atoms with van der Waals surface area (Å²) in [6, 6.07) is 4.50. The number of aromatic nitrogens is 2. The summed E-state index contributed by atoms with van der Waals surface area (Å²) in [6.07, 6.45) is 11.0. The number of nitrogens with one attached hydrogen (secondary N) is 2. The third-order valence-electron chi connectivity index (χ3n) is 7.91. The molecule has 2 aromatic rings. The van der Waals surface area contributed by atoms with Gasteiger partial charge in [0, 0.05) is 36.4 Å². The molecular weight excluding hydrogens is 502 g/mol. The lowest BCUT2D eigenvalue weighted by molar-refractivity contribution is 0.0270. The number of allylic oxidation sites excluding steroid dienone is 3. The fourth-order valence-electron chi connectivity index (χ4n) is 5.89. The van der Waals surface area contributed by atoms with E-state index >= 15 is 0 Å². The van der Waals surface area contributed by atoms with Crippen LogP contribution < -0.4 is 10.6 Å². The van der Waals surface area contributed by atoms with Crippen LogP contribution in [0.3, 0.4) is 0 Å². The van der Waals surface area contributed by atoms with Gasteiger partial charge in [-0.1, -0.05) is 25.5 Å². The molecule has 212 valence electrons. The number of hydrogen-bond donors (Lipinski definition) is 2. The third kappa shape index (κ3) is 5.86. The van der Waals surface area contributed by atoms with Crippen molar-refractivity contribution in [2.75, 3.05) is 19.6 Å². The van der Waals surface area contributed by atoms with Crippen LogP contribution in [0.2, 0.25) is 0 Å². The molecule has 1 aromatic carbocycles. The Morgan fingerprint density at radius 1 is 1.20 bits per heavy atom. The second kappa shape index (κ2) is 11.0. The summed E-state index contributed by atoms with van der Waals surface area (Å²) in [5.41, 5.74) is 7.13. The monoisotopic (exact) mass is 543 g/mol. The van der Waals surface area contributed by atoms with Crippen molar-refractivity contribution in [2.24, 2.45) is 0 Å². The minimum atomic E-state index is -0.531. The maximum absolute atomic E-state index is 13.7. The maximum Gasteiger partial charge on any atom is 0.410 e. The average Bonchev–Trinajstić information content (AvgIpc) is 3.56. The molecule has 0 radical (unpaired) electrons. The summed E-state index contributed by atoms with van der Waals surface area (Å²) in [7, 11) is 0. The van der Waals surface area contributed by atoms with Gasteiger partial charge in [-0.3, -0.25) is 9.48 Å². The fraction of sp³-hybridized carbons (Fsp3) is 0.469. The van der Waals surface area contributed by atoms with Crippen LogP contribution in [0.4, 0.5) is 4.79 Å². The largest absolute Gasteiger partial charge is 0.444 e. The van der Waals surface area contributed by atoms with E-state index in [0.717, 1.165) is 57.4 Å². The standard InChI is InChI=1S/C32H41N5O3/c1-20-15-21(2)35-22(3)27(20)18-33-30(38)26-16-24(17-29-28(26)19-34-37(29)25-9-7-8-10-25)23-11-13-36(14-12-23)31(39)40-32(4,5)6/h11,15-17,19,25,35H,3,7-10,12-14,18H2,1-2,4-6H3,(H,33,38). The molecule has 5 rings (SSSR count). The van der Waals surface area contributed by atoms with Crippen molar-refractivity contribution in [3.05, 3.63) is 70.7 Å². The van der Waals surface area contributed by atoms with Gasteiger partial charge in [-0.15, -0.1) is 0 Å². The molecule has 3 aliphatic rings. The van der Waals surface area contributed by atoms with Crippen molar-refractivity contribution >= 4 is 28.5 Å². The molecule has 40 heavy (non-hydrogen) atoms. The lowest BCUT2D eigenvalue weighted by Crippen LogP contribution is -2.39. The normalized spacial score (nSPS) is 18.5. The number of hydrogen-bond acceptors (Lipinski definition) is 5. The molecule has 2 amide bonds. The van der Waals surface area contributed by atoms with Gasteiger partial charge < -0.3 is 20.3 Å². The number of rotatable bonds is 5. The third-order valence-corrected chi connectivity index (χ3v) is 7.91. The SMILES string of the molecule is C=C1NC(C)=CC(C)=C1CNC(=O)c1cc(C2=CCN(C(=O)OC(C)(C)C)CC2)cc2c1cnn2C1CCCC1. The number of ether oxygens (including phenoxy) is 1. The summed E-state index contributed by atoms with van der Waals surface area (Å²) >= 11 is 0. The zero-order valence-electron chi connectivity index (χ0n) is 24.4. The molecule has 0 bridgehead atoms. The second-order valence-electron chi connectivity index (χ2n) is 12.2. The maximum atomic E-state index is 13.7. The van der Waals surface area contributed by atoms with Crippen LogP contribution in [0.5, 0.6) is 0 Å². The van der Waals surface area contributed by atoms with Gasteiger partial charge in [0.2, 0.25) is 0 Å². The Bertz CT molecular complexity index is 1450. The van der Waals surface area contributed by atoms with Gasteiger partial charge in [0.1, 0.15) is 5.60 Å². The van der Waals surface area contributed by atoms with Crippen molar-refractivity contribution in [1.29, 1.82) is 0 Å². The van der Waals surface area contributed by atoms with Crippen LogP contribution >= 0.6 is 0 Å². The molecule has 2 N–H and O–H groups in total. The van der Waals surface area contributed by atoms with Gasteiger partial charge in [-0.2, -0.15) is 5.10 Å². The Balaban J connectivity index is 1.45. The summed E-state index contributed by atoms with van der Waals surface area (Å²) < 4.78 is 7.68. The minimum absolute atomic E-state index is 0.135. The molecule has 2 aliphatic heterocycles. The average molecular weight is 544 g/mol. The zero-order valence-corrected chi connectivity index (χ0v) is 24.4. The predicted octanol–water partition coefficient (Wildman–Crippen LogP) is 6.24. The molecule has 0 saturated heterocycles. The predicted molar refractivity (Wildman–Crippen MR) is 159 cm³/mol. The van der Waals surface area contributed by atoms with Crippen molar-refractivity contribution in [2.45, 2.75) is 78.4 Å². The van der Waals surface area contributed by atoms with E-state index in [0.29, 0.717) is 37.7 Å². The molecular formula is C32H41N5O3. The Labute approximate surface area is 236 Å². The van der Waals surface area contributed by atoms with Crippen LogP contribution in [0.15, 0.2) is 59.6 Å². The smallest absolute Gasteiger partial charge is 0.410 e. The highest BCUT2D eigenvalue weighted by molar-refractivity contribution is 6.07. The van der Waals surface area contributed by atoms with Crippen LogP contribution in [-0.4, -0.2) is 51.9 Å². The Morgan fingerprint density at radius 2 is 1.95 bits per heavy atom. The van der Waals surface area contributed by atoms with E-state index in [-0.39, 0.29) is 12.0 Å². The van der Waals surface area contributed by atoms with Crippen LogP contribution in [0.25, 0.3) is 16.5 Å². The summed E-state index contributed by atoms with van der Waals surface area (Å²) in [5.74, 6) is -0.135. The quantitative estimate of drug-likeness (QED) is 0.466. The molecule has 0 atom stereocenters. The lowest BCUT2D eigenvalue weighted by Gasteiger charge is -2.29. The van der Waals surface area contributed by atoms with E-state index in [2.05, 4.69) is 40.1 Å². The summed E-state index contributed by atoms with van der Waals surface area (Å²) in [4.78, 5) is 28.0. The zero-order chi connectivity index (χ0) is 28.6. The van der Waals surface area contributed by atoms with E-state index in [1.807, 2.05) is 46.9 Å². The molecule has 1 aliphatic carbocycles. The Hall–Kier alpha value is -3.81. The number of carbonyl (C=O) groups is 2. The molecule has 0 spiro atoms. The fourth-order valence-corrected chi connectivity index (χ4v) is 5.89. The summed E-state index contributed by atoms with van der Waals surface area (Å²) in [6.45, 7) is 15.2. The van der Waals surface area contributed by atoms with Crippen molar-refractivity contribution in [1.82, 2.24) is 25.3 Å². The number of benzene rings is 1. The van der Waals surface area contributed by atoms with E-state index < -0.39 is 5.60 Å². The first-order valence-electron chi connectivity index (χ1n) is 14.3. The highest BCUT2D eigenvalue weighted by Gasteiger charge is 2.26. The molecule has 0 unspecified atom stereocenters. The topological polar surface area (TPSA) is 88.5 Å². The van der Waals surface area contributed by atoms with Crippen molar-refractivity contribution in [3.63, 3.8) is 0 Å². The highest BCUT2D eigenvalue weighted by Crippen LogP contribution is 2.35. The second-order valence-corrected chi connectivity index (χ2v) is 12.2. The molecule has 3 heterocycles. The van der Waals surface area contributed by atoms with Crippen LogP contribution in [0.1, 0.15) is 88.7 Å². The van der Waals surface area contributed by atoms with E-state index in [4.69, 9.17) is 9.84 Å². The first kappa shape index (κ1) is 27.7. The van der Waals surface area contributed by atoms with Gasteiger partial charge in [0.25, 0.3) is 5.91 Å². The van der Waals surface area contributed by atoms with Crippen LogP contribution in [-0.2, 0) is 4.74 Å². The van der Waals surface area contributed by atoms with Crippen LogP contribution in [0, 0.1) is 0 Å². The van der Waals surface area contributed by atoms with Gasteiger partial charge >= 0.3 is 6.09 Å². The van der Waals surface area contributed by atoms with Gasteiger partial charge in [-0.25, -0.2) is 4.79 Å². The number of carbonyl (C=O) groups excluding carboxylic acids is 2. The van der Waals surface area contributed by atoms with E-state index in [9.17, 15) is 9.59 Å². The molecule has 1 aromatic heterocycles. The summed E-state index contributed by atoms with van der Waals surface area (Å²) in [5, 5.41) is 12.0. The van der Waals surface area contributed by atoms with Crippen molar-refractivity contribution < 1.29 is 14.3 Å². The minimum Gasteiger partial charge on any atom is -0.444 e. The van der Waals surface area contributed by atoms with Gasteiger partial charge in [0.15, 0.2) is 0 Å². The Morgan fingerprint density at radius 3 is 2.60 bits per heavy atom. The number of fused-ring (bicyclic) bond motifs is 1.